The molecule has 160 valence electrons. The van der Waals surface area contributed by atoms with Crippen LogP contribution in [0.15, 0.2) is 36.9 Å². The van der Waals surface area contributed by atoms with Crippen LogP contribution in [0, 0.1) is 12.7 Å². The highest BCUT2D eigenvalue weighted by atomic mass is 19.1. The molecule has 0 unspecified atom stereocenters. The monoisotopic (exact) mass is 428 g/mol. The van der Waals surface area contributed by atoms with E-state index in [0.29, 0.717) is 39.3 Å². The number of fused-ring (bicyclic) bond motifs is 2. The van der Waals surface area contributed by atoms with Gasteiger partial charge in [0.15, 0.2) is 17.1 Å². The highest BCUT2D eigenvalue weighted by Crippen LogP contribution is 2.34. The minimum absolute atomic E-state index is 0.296. The van der Waals surface area contributed by atoms with Gasteiger partial charge in [-0.25, -0.2) is 19.3 Å². The van der Waals surface area contributed by atoms with E-state index < -0.39 is 5.82 Å². The fourth-order valence-electron chi connectivity index (χ4n) is 4.46. The molecular weight excluding hydrogens is 407 g/mol. The smallest absolute Gasteiger partial charge is 0.161 e. The first-order chi connectivity index (χ1) is 15.7. The molecule has 1 aliphatic heterocycles. The molecule has 6 heterocycles. The largest absolute Gasteiger partial charge is 0.370 e. The highest BCUT2D eigenvalue weighted by Gasteiger charge is 2.23. The van der Waals surface area contributed by atoms with Crippen LogP contribution in [0.2, 0.25) is 0 Å². The molecule has 6 rings (SSSR count). The van der Waals surface area contributed by atoms with E-state index in [1.54, 1.807) is 18.6 Å². The van der Waals surface area contributed by atoms with E-state index >= 15 is 4.39 Å². The van der Waals surface area contributed by atoms with Crippen molar-refractivity contribution in [3.63, 3.8) is 0 Å². The van der Waals surface area contributed by atoms with Gasteiger partial charge in [0.1, 0.15) is 17.0 Å². The molecule has 1 fully saturated rings. The molecule has 0 radical (unpaired) electrons. The molecule has 0 spiro atoms. The Hall–Kier alpha value is -3.88. The third kappa shape index (κ3) is 2.92. The molecule has 9 heteroatoms. The maximum absolute atomic E-state index is 15.7. The number of rotatable bonds is 3. The van der Waals surface area contributed by atoms with Gasteiger partial charge in [-0.05, 0) is 43.9 Å². The molecule has 0 amide bonds. The summed E-state index contributed by atoms with van der Waals surface area (Å²) >= 11 is 0. The molecule has 0 saturated carbocycles. The number of H-pyrrole nitrogens is 2. The molecule has 2 N–H and O–H groups in total. The van der Waals surface area contributed by atoms with Gasteiger partial charge in [-0.3, -0.25) is 10.1 Å². The third-order valence-corrected chi connectivity index (χ3v) is 6.14. The Morgan fingerprint density at radius 1 is 0.969 bits per heavy atom. The first-order valence-corrected chi connectivity index (χ1v) is 10.7. The molecule has 1 aliphatic rings. The van der Waals surface area contributed by atoms with E-state index in [0.717, 1.165) is 29.9 Å². The summed E-state index contributed by atoms with van der Waals surface area (Å²) in [6, 6.07) is 3.84. The fraction of sp³-hybridized carbons (Fsp3) is 0.261. The summed E-state index contributed by atoms with van der Waals surface area (Å²) in [5, 5.41) is 7.47. The minimum atomic E-state index is -0.403. The zero-order valence-electron chi connectivity index (χ0n) is 17.6. The van der Waals surface area contributed by atoms with E-state index in [1.807, 2.05) is 19.1 Å². The van der Waals surface area contributed by atoms with Crippen LogP contribution in [0.3, 0.4) is 0 Å². The second kappa shape index (κ2) is 7.37. The van der Waals surface area contributed by atoms with Crippen LogP contribution < -0.4 is 4.90 Å². The van der Waals surface area contributed by atoms with Gasteiger partial charge >= 0.3 is 0 Å². The number of aryl methyl sites for hydroxylation is 1. The number of anilines is 1. The summed E-state index contributed by atoms with van der Waals surface area (Å²) < 4.78 is 15.7. The predicted molar refractivity (Wildman–Crippen MR) is 121 cm³/mol. The Bertz CT molecular complexity index is 1450. The van der Waals surface area contributed by atoms with Gasteiger partial charge in [0, 0.05) is 49.0 Å². The lowest BCUT2D eigenvalue weighted by molar-refractivity contribution is 0.578. The van der Waals surface area contributed by atoms with E-state index in [-0.39, 0.29) is 0 Å². The van der Waals surface area contributed by atoms with Crippen LogP contribution in [0.5, 0.6) is 0 Å². The summed E-state index contributed by atoms with van der Waals surface area (Å²) in [5.74, 6) is 0.0588. The molecule has 1 saturated heterocycles. The second-order valence-corrected chi connectivity index (χ2v) is 8.13. The zero-order valence-corrected chi connectivity index (χ0v) is 17.6. The number of imidazole rings is 1. The Kier molecular flexibility index (Phi) is 4.34. The molecule has 0 bridgehead atoms. The lowest BCUT2D eigenvalue weighted by Gasteiger charge is -2.28. The number of hydrogen-bond acceptors (Lipinski definition) is 6. The average molecular weight is 428 g/mol. The van der Waals surface area contributed by atoms with Crippen LogP contribution in [-0.4, -0.2) is 48.2 Å². The number of pyridine rings is 3. The van der Waals surface area contributed by atoms with Crippen molar-refractivity contribution in [2.75, 3.05) is 18.0 Å². The van der Waals surface area contributed by atoms with Crippen molar-refractivity contribution in [3.8, 4) is 22.6 Å². The number of piperidine rings is 1. The van der Waals surface area contributed by atoms with E-state index in [4.69, 9.17) is 4.98 Å². The normalized spacial score (nSPS) is 14.5. The quantitative estimate of drug-likeness (QED) is 0.442. The standard InChI is InChI=1S/C23H21FN8/c1-13-5-7-25-11-14(13)15-12-27-21-17(18(15)24)20(30-31-21)23-28-19-16(6-8-26-22(19)29-23)32-9-3-2-4-10-32/h5-8,11-12H,2-4,9-10H2,1H3,(H,26,28,29)(H,27,30,31). The molecule has 0 atom stereocenters. The summed E-state index contributed by atoms with van der Waals surface area (Å²) in [6.07, 6.45) is 10.2. The van der Waals surface area contributed by atoms with Crippen molar-refractivity contribution in [2.24, 2.45) is 0 Å². The van der Waals surface area contributed by atoms with E-state index in [1.165, 1.54) is 25.5 Å². The van der Waals surface area contributed by atoms with Gasteiger partial charge in [0.25, 0.3) is 0 Å². The van der Waals surface area contributed by atoms with E-state index in [2.05, 4.69) is 35.0 Å². The third-order valence-electron chi connectivity index (χ3n) is 6.14. The van der Waals surface area contributed by atoms with Crippen LogP contribution in [0.1, 0.15) is 24.8 Å². The maximum atomic E-state index is 15.7. The van der Waals surface area contributed by atoms with Gasteiger partial charge in [-0.2, -0.15) is 5.10 Å². The minimum Gasteiger partial charge on any atom is -0.370 e. The summed E-state index contributed by atoms with van der Waals surface area (Å²) in [7, 11) is 0. The van der Waals surface area contributed by atoms with Gasteiger partial charge in [0.2, 0.25) is 0 Å². The molecular formula is C23H21FN8. The van der Waals surface area contributed by atoms with Gasteiger partial charge in [0.05, 0.1) is 11.1 Å². The average Bonchev–Trinajstić information content (AvgIpc) is 3.45. The number of halogens is 1. The summed E-state index contributed by atoms with van der Waals surface area (Å²) in [6.45, 7) is 3.92. The van der Waals surface area contributed by atoms with Gasteiger partial charge in [-0.15, -0.1) is 0 Å². The van der Waals surface area contributed by atoms with Crippen LogP contribution in [-0.2, 0) is 0 Å². The zero-order chi connectivity index (χ0) is 21.7. The lowest BCUT2D eigenvalue weighted by Crippen LogP contribution is -2.29. The number of hydrogen-bond donors (Lipinski definition) is 2. The second-order valence-electron chi connectivity index (χ2n) is 8.13. The lowest BCUT2D eigenvalue weighted by atomic mass is 10.0. The van der Waals surface area contributed by atoms with Crippen molar-refractivity contribution < 1.29 is 4.39 Å². The first kappa shape index (κ1) is 18.9. The Morgan fingerprint density at radius 3 is 2.69 bits per heavy atom. The first-order valence-electron chi connectivity index (χ1n) is 10.7. The van der Waals surface area contributed by atoms with Crippen molar-refractivity contribution in [3.05, 3.63) is 48.3 Å². The van der Waals surface area contributed by atoms with Crippen LogP contribution in [0.25, 0.3) is 44.8 Å². The molecule has 32 heavy (non-hydrogen) atoms. The summed E-state index contributed by atoms with van der Waals surface area (Å²) in [4.78, 5) is 23.4. The van der Waals surface area contributed by atoms with Crippen LogP contribution in [0.4, 0.5) is 10.1 Å². The van der Waals surface area contributed by atoms with Gasteiger partial charge in [-0.1, -0.05) is 0 Å². The van der Waals surface area contributed by atoms with Crippen molar-refractivity contribution in [1.29, 1.82) is 0 Å². The van der Waals surface area contributed by atoms with Crippen molar-refractivity contribution in [2.45, 2.75) is 26.2 Å². The van der Waals surface area contributed by atoms with Crippen LogP contribution >= 0.6 is 0 Å². The predicted octanol–water partition coefficient (Wildman–Crippen LogP) is 4.40. The van der Waals surface area contributed by atoms with Crippen molar-refractivity contribution >= 4 is 27.9 Å². The Morgan fingerprint density at radius 2 is 1.84 bits per heavy atom. The summed E-state index contributed by atoms with van der Waals surface area (Å²) in [5.41, 5.74) is 5.23. The van der Waals surface area contributed by atoms with Gasteiger partial charge < -0.3 is 9.88 Å². The molecule has 0 aromatic carbocycles. The number of aromatic amines is 2. The highest BCUT2D eigenvalue weighted by molar-refractivity contribution is 5.95. The van der Waals surface area contributed by atoms with Crippen molar-refractivity contribution in [1.82, 2.24) is 35.1 Å². The topological polar surface area (TPSA) is 99.3 Å². The fourth-order valence-corrected chi connectivity index (χ4v) is 4.46. The molecule has 5 aromatic rings. The maximum Gasteiger partial charge on any atom is 0.161 e. The van der Waals surface area contributed by atoms with E-state index in [9.17, 15) is 0 Å². The molecule has 0 aliphatic carbocycles. The molecule has 8 nitrogen and oxygen atoms in total. The Labute approximate surface area is 183 Å². The number of nitrogens with one attached hydrogen (secondary N) is 2. The SMILES string of the molecule is Cc1ccncc1-c1cnc2[nH]nc(-c3nc4c(N5CCCCC5)ccnc4[nH]3)c2c1F. The number of aromatic nitrogens is 7. The number of nitrogens with zero attached hydrogens (tertiary/aromatic N) is 6. The molecule has 5 aromatic heterocycles. The Balaban J connectivity index is 1.51.